The van der Waals surface area contributed by atoms with Crippen molar-refractivity contribution in [2.75, 3.05) is 0 Å². The molecule has 35 heavy (non-hydrogen) atoms. The van der Waals surface area contributed by atoms with Gasteiger partial charge in [-0.2, -0.15) is 4.72 Å². The fraction of sp³-hybridized carbons (Fsp3) is 0.185. The van der Waals surface area contributed by atoms with Gasteiger partial charge >= 0.3 is 11.6 Å². The molecule has 1 heterocycles. The smallest absolute Gasteiger partial charge is 0.336 e. The van der Waals surface area contributed by atoms with Crippen molar-refractivity contribution in [2.24, 2.45) is 0 Å². The van der Waals surface area contributed by atoms with Crippen LogP contribution in [0.5, 0.6) is 5.75 Å². The number of carbonyl (C=O) groups excluding carboxylic acids is 1. The fourth-order valence-corrected chi connectivity index (χ4v) is 4.94. The average molecular weight is 492 g/mol. The maximum Gasteiger partial charge on any atom is 0.336 e. The molecule has 1 N–H and O–H groups in total. The van der Waals surface area contributed by atoms with E-state index >= 15 is 0 Å². The van der Waals surface area contributed by atoms with Crippen molar-refractivity contribution in [1.29, 1.82) is 0 Å². The minimum absolute atomic E-state index is 0.0350. The van der Waals surface area contributed by atoms with E-state index in [1.54, 1.807) is 54.6 Å². The van der Waals surface area contributed by atoms with Crippen LogP contribution < -0.4 is 15.1 Å². The lowest BCUT2D eigenvalue weighted by Gasteiger charge is -2.18. The molecular weight excluding hydrogens is 466 g/mol. The second-order valence-corrected chi connectivity index (χ2v) is 9.91. The Morgan fingerprint density at radius 2 is 1.71 bits per heavy atom. The molecule has 0 saturated heterocycles. The number of hydrogen-bond acceptors (Lipinski definition) is 6. The summed E-state index contributed by atoms with van der Waals surface area (Å²) in [6, 6.07) is 19.7. The van der Waals surface area contributed by atoms with E-state index in [0.717, 1.165) is 22.9 Å². The first-order chi connectivity index (χ1) is 16.8. The Labute approximate surface area is 203 Å². The third kappa shape index (κ3) is 5.67. The molecule has 0 aliphatic heterocycles. The van der Waals surface area contributed by atoms with Gasteiger partial charge in [-0.15, -0.1) is 0 Å². The van der Waals surface area contributed by atoms with Gasteiger partial charge in [0, 0.05) is 17.5 Å². The molecule has 0 amide bonds. The molecule has 0 saturated carbocycles. The SMILES string of the molecule is CCCc1cc(=O)oc2cc(OC(=O)[C@H](NS(=O)(=O)c3ccc(C)cc3)c3ccccc3)ccc12. The quantitative estimate of drug-likeness (QED) is 0.218. The number of aryl methyl sites for hydroxylation is 2. The summed E-state index contributed by atoms with van der Waals surface area (Å²) in [6.45, 7) is 3.86. The van der Waals surface area contributed by atoms with Crippen LogP contribution in [-0.2, 0) is 21.2 Å². The molecule has 0 bridgehead atoms. The molecule has 8 heteroatoms. The van der Waals surface area contributed by atoms with E-state index < -0.39 is 27.7 Å². The molecule has 180 valence electrons. The van der Waals surface area contributed by atoms with Crippen molar-refractivity contribution in [3.63, 3.8) is 0 Å². The highest BCUT2D eigenvalue weighted by Gasteiger charge is 2.29. The molecule has 1 aromatic heterocycles. The van der Waals surface area contributed by atoms with E-state index in [1.807, 2.05) is 13.8 Å². The Kier molecular flexibility index (Phi) is 7.14. The number of ether oxygens (including phenoxy) is 1. The van der Waals surface area contributed by atoms with E-state index in [4.69, 9.17) is 9.15 Å². The summed E-state index contributed by atoms with van der Waals surface area (Å²) in [5.41, 5.74) is 1.99. The predicted octanol–water partition coefficient (Wildman–Crippen LogP) is 4.68. The first-order valence-corrected chi connectivity index (χ1v) is 12.7. The molecule has 0 spiro atoms. The third-order valence-electron chi connectivity index (χ3n) is 5.51. The molecule has 0 aliphatic rings. The van der Waals surface area contributed by atoms with Gasteiger partial charge in [-0.1, -0.05) is 61.4 Å². The molecule has 7 nitrogen and oxygen atoms in total. The number of carbonyl (C=O) groups is 1. The maximum absolute atomic E-state index is 13.2. The van der Waals surface area contributed by atoms with Gasteiger partial charge in [0.1, 0.15) is 17.4 Å². The molecule has 0 unspecified atom stereocenters. The van der Waals surface area contributed by atoms with Gasteiger partial charge in [0.2, 0.25) is 10.0 Å². The minimum atomic E-state index is -4.02. The van der Waals surface area contributed by atoms with Gasteiger partial charge < -0.3 is 9.15 Å². The molecular formula is C27H25NO6S. The van der Waals surface area contributed by atoms with Crippen molar-refractivity contribution in [3.05, 3.63) is 106 Å². The Bertz CT molecular complexity index is 1510. The van der Waals surface area contributed by atoms with Crippen LogP contribution in [0, 0.1) is 6.92 Å². The lowest BCUT2D eigenvalue weighted by Crippen LogP contribution is -2.36. The molecule has 4 rings (SSSR count). The second-order valence-electron chi connectivity index (χ2n) is 8.20. The molecule has 0 fully saturated rings. The number of sulfonamides is 1. The summed E-state index contributed by atoms with van der Waals surface area (Å²) in [7, 11) is -4.02. The zero-order chi connectivity index (χ0) is 25.0. The number of esters is 1. The van der Waals surface area contributed by atoms with Crippen LogP contribution in [0.4, 0.5) is 0 Å². The van der Waals surface area contributed by atoms with Crippen LogP contribution in [0.2, 0.25) is 0 Å². The number of nitrogens with one attached hydrogen (secondary N) is 1. The highest BCUT2D eigenvalue weighted by molar-refractivity contribution is 7.89. The van der Waals surface area contributed by atoms with Gasteiger partial charge in [-0.3, -0.25) is 0 Å². The van der Waals surface area contributed by atoms with Crippen LogP contribution in [0.15, 0.2) is 93.0 Å². The summed E-state index contributed by atoms with van der Waals surface area (Å²) in [4.78, 5) is 25.2. The van der Waals surface area contributed by atoms with Gasteiger partial charge in [-0.05, 0) is 48.7 Å². The Morgan fingerprint density at radius 1 is 1.00 bits per heavy atom. The second kappa shape index (κ2) is 10.2. The molecule has 4 aromatic rings. The summed E-state index contributed by atoms with van der Waals surface area (Å²) < 4.78 is 39.4. The van der Waals surface area contributed by atoms with Crippen molar-refractivity contribution in [3.8, 4) is 5.75 Å². The molecule has 0 aliphatic carbocycles. The van der Waals surface area contributed by atoms with Crippen LogP contribution >= 0.6 is 0 Å². The van der Waals surface area contributed by atoms with E-state index in [1.165, 1.54) is 24.3 Å². The lowest BCUT2D eigenvalue weighted by molar-refractivity contribution is -0.136. The van der Waals surface area contributed by atoms with Gasteiger partial charge in [-0.25, -0.2) is 18.0 Å². The van der Waals surface area contributed by atoms with Crippen molar-refractivity contribution in [1.82, 2.24) is 4.72 Å². The highest BCUT2D eigenvalue weighted by atomic mass is 32.2. The average Bonchev–Trinajstić information content (AvgIpc) is 2.83. The summed E-state index contributed by atoms with van der Waals surface area (Å²) in [6.07, 6.45) is 1.56. The fourth-order valence-electron chi connectivity index (χ4n) is 3.76. The number of hydrogen-bond donors (Lipinski definition) is 1. The van der Waals surface area contributed by atoms with E-state index in [-0.39, 0.29) is 10.6 Å². The molecule has 1 atom stereocenters. The van der Waals surface area contributed by atoms with E-state index in [0.29, 0.717) is 17.6 Å². The highest BCUT2D eigenvalue weighted by Crippen LogP contribution is 2.26. The first-order valence-electron chi connectivity index (χ1n) is 11.2. The Morgan fingerprint density at radius 3 is 2.40 bits per heavy atom. The minimum Gasteiger partial charge on any atom is -0.425 e. The number of benzene rings is 3. The standard InChI is InChI=1S/C27H25NO6S/c1-3-7-20-16-25(29)34-24-17-21(12-15-23(20)24)33-27(30)26(19-8-5-4-6-9-19)28-35(31,32)22-13-10-18(2)11-14-22/h4-6,8-17,26,28H,3,7H2,1-2H3/t26-/m1/s1. The Balaban J connectivity index is 1.66. The number of rotatable bonds is 8. The predicted molar refractivity (Wildman–Crippen MR) is 133 cm³/mol. The van der Waals surface area contributed by atoms with E-state index in [2.05, 4.69) is 4.72 Å². The summed E-state index contributed by atoms with van der Waals surface area (Å²) in [5, 5.41) is 0.755. The monoisotopic (exact) mass is 491 g/mol. The van der Waals surface area contributed by atoms with Gasteiger partial charge in [0.15, 0.2) is 0 Å². The largest absolute Gasteiger partial charge is 0.425 e. The van der Waals surface area contributed by atoms with Gasteiger partial charge in [0.05, 0.1) is 4.90 Å². The van der Waals surface area contributed by atoms with Gasteiger partial charge in [0.25, 0.3) is 0 Å². The van der Waals surface area contributed by atoms with Crippen LogP contribution in [-0.4, -0.2) is 14.4 Å². The van der Waals surface area contributed by atoms with E-state index in [9.17, 15) is 18.0 Å². The molecule has 0 radical (unpaired) electrons. The summed E-state index contributed by atoms with van der Waals surface area (Å²) in [5.74, 6) is -0.687. The first kappa shape index (κ1) is 24.4. The van der Waals surface area contributed by atoms with Crippen LogP contribution in [0.3, 0.4) is 0 Å². The van der Waals surface area contributed by atoms with Crippen molar-refractivity contribution in [2.45, 2.75) is 37.6 Å². The van der Waals surface area contributed by atoms with Crippen molar-refractivity contribution < 1.29 is 22.4 Å². The maximum atomic E-state index is 13.2. The zero-order valence-corrected chi connectivity index (χ0v) is 20.2. The van der Waals surface area contributed by atoms with Crippen LogP contribution in [0.1, 0.15) is 36.1 Å². The number of fused-ring (bicyclic) bond motifs is 1. The third-order valence-corrected chi connectivity index (χ3v) is 6.95. The summed E-state index contributed by atoms with van der Waals surface area (Å²) >= 11 is 0. The Hall–Kier alpha value is -3.75. The van der Waals surface area contributed by atoms with Crippen molar-refractivity contribution >= 4 is 27.0 Å². The molecule has 3 aromatic carbocycles. The topological polar surface area (TPSA) is 103 Å². The zero-order valence-electron chi connectivity index (χ0n) is 19.4. The normalized spacial score (nSPS) is 12.4. The van der Waals surface area contributed by atoms with Crippen LogP contribution in [0.25, 0.3) is 11.0 Å². The lowest BCUT2D eigenvalue weighted by atomic mass is 10.1.